The average molecular weight is 770 g/mol. The Balaban J connectivity index is 1.27. The van der Waals surface area contributed by atoms with Crippen molar-refractivity contribution >= 4 is 35.6 Å². The van der Waals surface area contributed by atoms with Crippen LogP contribution >= 0.6 is 0 Å². The van der Waals surface area contributed by atoms with Crippen molar-refractivity contribution in [3.63, 3.8) is 0 Å². The maximum Gasteiger partial charge on any atom is 0.343 e. The van der Waals surface area contributed by atoms with E-state index in [0.717, 1.165) is 69.2 Å². The molecule has 3 aromatic carbocycles. The smallest absolute Gasteiger partial charge is 0.343 e. The Morgan fingerprint density at radius 1 is 0.536 bits per heavy atom. The van der Waals surface area contributed by atoms with E-state index in [1.54, 1.807) is 48.5 Å². The molecule has 0 saturated carbocycles. The van der Waals surface area contributed by atoms with Crippen molar-refractivity contribution in [3.8, 4) is 23.0 Å². The second-order valence-corrected chi connectivity index (χ2v) is 12.5. The van der Waals surface area contributed by atoms with E-state index in [4.69, 9.17) is 33.2 Å². The number of esters is 5. The lowest BCUT2D eigenvalue weighted by atomic mass is 10.1. The SMILES string of the molecule is C=CC(=O)OCCCCCCOc1ccc(C(=O)Oc2ccc(OC(=O)c3ccc(OCCCCCCOC(=O)C=C)cc3)c(C(=O)OCCC3=NC3)c2)cc1. The number of rotatable bonds is 26. The Hall–Kier alpha value is -6.24. The molecule has 4 rings (SSSR count). The van der Waals surface area contributed by atoms with Gasteiger partial charge in [0.2, 0.25) is 0 Å². The minimum Gasteiger partial charge on any atom is -0.494 e. The molecule has 0 amide bonds. The number of nitrogens with zero attached hydrogens (tertiary/aromatic N) is 1. The molecule has 0 N–H and O–H groups in total. The number of benzene rings is 3. The van der Waals surface area contributed by atoms with Gasteiger partial charge < -0.3 is 33.2 Å². The summed E-state index contributed by atoms with van der Waals surface area (Å²) >= 11 is 0. The Morgan fingerprint density at radius 2 is 1.00 bits per heavy atom. The molecular formula is C43H47NO12. The van der Waals surface area contributed by atoms with Crippen molar-refractivity contribution < 1.29 is 57.1 Å². The lowest BCUT2D eigenvalue weighted by Crippen LogP contribution is -2.15. The van der Waals surface area contributed by atoms with Gasteiger partial charge in [-0.1, -0.05) is 13.2 Å². The van der Waals surface area contributed by atoms with Crippen LogP contribution in [0.5, 0.6) is 23.0 Å². The van der Waals surface area contributed by atoms with E-state index < -0.39 is 29.8 Å². The molecule has 56 heavy (non-hydrogen) atoms. The summed E-state index contributed by atoms with van der Waals surface area (Å²) in [5.74, 6) is -1.85. The molecule has 1 aliphatic rings. The highest BCUT2D eigenvalue weighted by atomic mass is 16.6. The van der Waals surface area contributed by atoms with Crippen molar-refractivity contribution in [1.29, 1.82) is 0 Å². The Kier molecular flexibility index (Phi) is 17.9. The van der Waals surface area contributed by atoms with E-state index in [1.165, 1.54) is 18.2 Å². The molecule has 0 aromatic heterocycles. The zero-order valence-electron chi connectivity index (χ0n) is 31.4. The van der Waals surface area contributed by atoms with Crippen molar-refractivity contribution in [1.82, 2.24) is 0 Å². The third-order valence-corrected chi connectivity index (χ3v) is 8.21. The Bertz CT molecular complexity index is 1830. The lowest BCUT2D eigenvalue weighted by Gasteiger charge is -2.13. The van der Waals surface area contributed by atoms with Crippen LogP contribution < -0.4 is 18.9 Å². The van der Waals surface area contributed by atoms with Crippen LogP contribution in [0.25, 0.3) is 0 Å². The summed E-state index contributed by atoms with van der Waals surface area (Å²) in [7, 11) is 0. The second kappa shape index (κ2) is 23.5. The molecule has 13 heteroatoms. The van der Waals surface area contributed by atoms with E-state index in [2.05, 4.69) is 18.2 Å². The fraction of sp³-hybridized carbons (Fsp3) is 0.349. The highest BCUT2D eigenvalue weighted by molar-refractivity contribution is 5.98. The first-order valence-corrected chi connectivity index (χ1v) is 18.6. The van der Waals surface area contributed by atoms with E-state index in [-0.39, 0.29) is 34.8 Å². The van der Waals surface area contributed by atoms with E-state index in [9.17, 15) is 24.0 Å². The number of ether oxygens (including phenoxy) is 7. The van der Waals surface area contributed by atoms with Crippen LogP contribution in [-0.4, -0.2) is 75.1 Å². The molecule has 0 atom stereocenters. The molecule has 0 radical (unpaired) electrons. The normalized spacial score (nSPS) is 11.3. The zero-order valence-corrected chi connectivity index (χ0v) is 31.4. The maximum absolute atomic E-state index is 13.2. The van der Waals surface area contributed by atoms with Crippen molar-refractivity contribution in [2.24, 2.45) is 4.99 Å². The molecule has 0 unspecified atom stereocenters. The largest absolute Gasteiger partial charge is 0.494 e. The molecule has 0 spiro atoms. The van der Waals surface area contributed by atoms with Gasteiger partial charge in [-0.25, -0.2) is 24.0 Å². The molecule has 0 fully saturated rings. The molecular weight excluding hydrogens is 722 g/mol. The molecule has 3 aromatic rings. The van der Waals surface area contributed by atoms with Gasteiger partial charge in [0.25, 0.3) is 0 Å². The van der Waals surface area contributed by atoms with E-state index in [1.807, 2.05) is 0 Å². The van der Waals surface area contributed by atoms with E-state index in [0.29, 0.717) is 50.9 Å². The third-order valence-electron chi connectivity index (χ3n) is 8.21. The Morgan fingerprint density at radius 3 is 1.48 bits per heavy atom. The third kappa shape index (κ3) is 15.6. The summed E-state index contributed by atoms with van der Waals surface area (Å²) in [4.78, 5) is 65.5. The monoisotopic (exact) mass is 769 g/mol. The zero-order chi connectivity index (χ0) is 40.0. The minimum atomic E-state index is -0.758. The first-order valence-electron chi connectivity index (χ1n) is 18.6. The van der Waals surface area contributed by atoms with Gasteiger partial charge in [-0.15, -0.1) is 0 Å². The summed E-state index contributed by atoms with van der Waals surface area (Å²) < 4.78 is 38.1. The van der Waals surface area contributed by atoms with Gasteiger partial charge in [-0.2, -0.15) is 0 Å². The molecule has 1 heterocycles. The molecule has 1 aliphatic heterocycles. The van der Waals surface area contributed by atoms with Crippen LogP contribution in [0.3, 0.4) is 0 Å². The molecule has 0 aliphatic carbocycles. The second-order valence-electron chi connectivity index (χ2n) is 12.5. The lowest BCUT2D eigenvalue weighted by molar-refractivity contribution is -0.138. The van der Waals surface area contributed by atoms with Crippen LogP contribution in [0, 0.1) is 0 Å². The molecule has 0 bridgehead atoms. The maximum atomic E-state index is 13.2. The standard InChI is InChI=1S/C43H47NO12/c1-3-39(45)52-26-11-7-5-9-24-50-34-17-13-31(14-18-34)41(47)55-36-21-22-38(37(29-36)43(49)54-28-23-33-30-44-33)56-42(48)32-15-19-35(20-16-32)51-25-10-6-8-12-27-53-40(46)4-2/h3-4,13-22,29H,1-2,5-12,23-28,30H2. The van der Waals surface area contributed by atoms with Gasteiger partial charge in [0.15, 0.2) is 0 Å². The summed E-state index contributed by atoms with van der Waals surface area (Å²) in [6.07, 6.45) is 9.50. The summed E-state index contributed by atoms with van der Waals surface area (Å²) in [5, 5.41) is 0. The van der Waals surface area contributed by atoms with Crippen LogP contribution in [0.1, 0.15) is 88.9 Å². The first kappa shape index (κ1) is 42.5. The van der Waals surface area contributed by atoms with Gasteiger partial charge in [0.1, 0.15) is 28.6 Å². The topological polar surface area (TPSA) is 162 Å². The van der Waals surface area contributed by atoms with Crippen LogP contribution in [0.15, 0.2) is 97.0 Å². The van der Waals surface area contributed by atoms with Gasteiger partial charge in [-0.05, 0) is 118 Å². The van der Waals surface area contributed by atoms with Gasteiger partial charge in [-0.3, -0.25) is 4.99 Å². The van der Waals surface area contributed by atoms with Gasteiger partial charge >= 0.3 is 29.8 Å². The predicted octanol–water partition coefficient (Wildman–Crippen LogP) is 7.46. The number of hydrogen-bond acceptors (Lipinski definition) is 13. The number of hydrogen-bond donors (Lipinski definition) is 0. The van der Waals surface area contributed by atoms with E-state index >= 15 is 0 Å². The van der Waals surface area contributed by atoms with Gasteiger partial charge in [0.05, 0.1) is 50.7 Å². The quantitative estimate of drug-likeness (QED) is 0.0261. The Labute approximate surface area is 326 Å². The number of aliphatic imine (C=N–C) groups is 1. The first-order chi connectivity index (χ1) is 27.2. The number of unbranched alkanes of at least 4 members (excludes halogenated alkanes) is 6. The van der Waals surface area contributed by atoms with Crippen LogP contribution in [0.2, 0.25) is 0 Å². The summed E-state index contributed by atoms with van der Waals surface area (Å²) in [5.41, 5.74) is 1.33. The predicted molar refractivity (Wildman–Crippen MR) is 207 cm³/mol. The number of carbonyl (C=O) groups excluding carboxylic acids is 5. The fourth-order valence-electron chi connectivity index (χ4n) is 5.03. The van der Waals surface area contributed by atoms with Crippen molar-refractivity contribution in [2.75, 3.05) is 39.6 Å². The van der Waals surface area contributed by atoms with Crippen LogP contribution in [0.4, 0.5) is 0 Å². The van der Waals surface area contributed by atoms with Crippen molar-refractivity contribution in [3.05, 3.63) is 109 Å². The minimum absolute atomic E-state index is 0.0468. The summed E-state index contributed by atoms with van der Waals surface area (Å²) in [6, 6.07) is 17.0. The molecule has 13 nitrogen and oxygen atoms in total. The molecule has 0 saturated heterocycles. The summed E-state index contributed by atoms with van der Waals surface area (Å²) in [6.45, 7) is 9.15. The number of carbonyl (C=O) groups is 5. The fourth-order valence-corrected chi connectivity index (χ4v) is 5.03. The highest BCUT2D eigenvalue weighted by Crippen LogP contribution is 2.28. The van der Waals surface area contributed by atoms with Gasteiger partial charge in [0, 0.05) is 24.3 Å². The van der Waals surface area contributed by atoms with Crippen LogP contribution in [-0.2, 0) is 23.8 Å². The average Bonchev–Trinajstić information content (AvgIpc) is 4.05. The molecule has 296 valence electrons. The highest BCUT2D eigenvalue weighted by Gasteiger charge is 2.21. The van der Waals surface area contributed by atoms with Crippen molar-refractivity contribution in [2.45, 2.75) is 57.8 Å².